The van der Waals surface area contributed by atoms with E-state index in [0.717, 1.165) is 19.2 Å². The van der Waals surface area contributed by atoms with Gasteiger partial charge in [-0.2, -0.15) is 18.4 Å². The van der Waals surface area contributed by atoms with E-state index < -0.39 is 79.3 Å². The molecule has 9 nitrogen and oxygen atoms in total. The van der Waals surface area contributed by atoms with Gasteiger partial charge in [-0.05, 0) is 55.5 Å². The number of aromatic nitrogens is 1. The second-order valence-electron chi connectivity index (χ2n) is 9.84. The van der Waals surface area contributed by atoms with Crippen molar-refractivity contribution in [2.45, 2.75) is 48.6 Å². The summed E-state index contributed by atoms with van der Waals surface area (Å²) in [7, 11) is -3.61. The van der Waals surface area contributed by atoms with Gasteiger partial charge in [0.2, 0.25) is 5.91 Å². The van der Waals surface area contributed by atoms with Crippen LogP contribution in [0.4, 0.5) is 13.2 Å². The number of nitriles is 1. The van der Waals surface area contributed by atoms with Gasteiger partial charge in [-0.1, -0.05) is 6.07 Å². The second kappa shape index (κ2) is 9.06. The number of alkyl halides is 3. The van der Waals surface area contributed by atoms with Gasteiger partial charge in [0.15, 0.2) is 9.84 Å². The maximum absolute atomic E-state index is 14.2. The van der Waals surface area contributed by atoms with Crippen LogP contribution in [0.1, 0.15) is 30.4 Å². The third-order valence-electron chi connectivity index (χ3n) is 7.76. The average molecular weight is 552 g/mol. The second-order valence-corrected chi connectivity index (χ2v) is 12.0. The number of carboxylic acids is 1. The Morgan fingerprint density at radius 2 is 1.89 bits per heavy atom. The van der Waals surface area contributed by atoms with Gasteiger partial charge in [0.1, 0.15) is 10.8 Å². The Kier molecular flexibility index (Phi) is 6.56. The smallest absolute Gasteiger partial charge is 0.417 e. The Bertz CT molecular complexity index is 1470. The number of aryl methyl sites for hydroxylation is 1. The lowest BCUT2D eigenvalue weighted by Crippen LogP contribution is -2.44. The monoisotopic (exact) mass is 551 g/mol. The lowest BCUT2D eigenvalue weighted by Gasteiger charge is -2.31. The number of rotatable bonds is 7. The Morgan fingerprint density at radius 3 is 2.39 bits per heavy atom. The van der Waals surface area contributed by atoms with Crippen LogP contribution < -0.4 is 5.73 Å². The fourth-order valence-corrected chi connectivity index (χ4v) is 7.75. The molecule has 2 aliphatic rings. The topological polar surface area (TPSA) is 160 Å². The molecule has 2 aliphatic carbocycles. The Morgan fingerprint density at radius 1 is 1.21 bits per heavy atom. The van der Waals surface area contributed by atoms with Gasteiger partial charge in [0.25, 0.3) is 0 Å². The van der Waals surface area contributed by atoms with Crippen molar-refractivity contribution in [2.24, 2.45) is 22.5 Å². The number of carbonyl (C=O) groups is 2. The number of ether oxygens (including phenoxy) is 1. The molecule has 2 saturated carbocycles. The molecular weight excluding hydrogens is 527 g/mol. The molecule has 0 aliphatic heterocycles. The third-order valence-corrected chi connectivity index (χ3v) is 9.97. The van der Waals surface area contributed by atoms with Crippen LogP contribution in [0.3, 0.4) is 0 Å². The molecule has 2 fully saturated rings. The Labute approximate surface area is 216 Å². The summed E-state index contributed by atoms with van der Waals surface area (Å²) in [5, 5.41) is 18.2. The third kappa shape index (κ3) is 4.12. The standard InChI is InChI=1S/C25H24F3N3O6S/c1-13-5-15(11-31-10-13)14-3-4-18(17(6-14)25(26,27)28)38(35,36)16-7-20(37-2)24(8-16,22(33)34)19-9-23(19,12-29)21(30)32/h3-6,10-11,16,19-20H,7-9H2,1-2H3,(H2,30,32)(H,33,34)/t16-,19?,20+,23?,24+/m0/s1. The number of hydrogen-bond acceptors (Lipinski definition) is 7. The highest BCUT2D eigenvalue weighted by Gasteiger charge is 2.75. The van der Waals surface area contributed by atoms with Crippen molar-refractivity contribution in [3.63, 3.8) is 0 Å². The highest BCUT2D eigenvalue weighted by atomic mass is 32.2. The number of nitrogens with zero attached hydrogens (tertiary/aromatic N) is 2. The van der Waals surface area contributed by atoms with E-state index in [2.05, 4.69) is 4.98 Å². The van der Waals surface area contributed by atoms with Crippen LogP contribution in [-0.4, -0.2) is 48.8 Å². The first kappa shape index (κ1) is 27.5. The number of methoxy groups -OCH3 is 1. The molecule has 1 amide bonds. The molecule has 3 N–H and O–H groups in total. The summed E-state index contributed by atoms with van der Waals surface area (Å²) in [6.07, 6.45) is -4.76. The predicted molar refractivity (Wildman–Crippen MR) is 126 cm³/mol. The van der Waals surface area contributed by atoms with E-state index in [0.29, 0.717) is 11.1 Å². The molecule has 2 unspecified atom stereocenters. The zero-order chi connectivity index (χ0) is 28.3. The van der Waals surface area contributed by atoms with Crippen LogP contribution in [0.15, 0.2) is 41.6 Å². The number of amides is 1. The van der Waals surface area contributed by atoms with Gasteiger partial charge >= 0.3 is 12.1 Å². The van der Waals surface area contributed by atoms with Crippen LogP contribution in [0.2, 0.25) is 0 Å². The number of carboxylic acid groups (broad SMARTS) is 1. The van der Waals surface area contributed by atoms with Crippen molar-refractivity contribution < 1.29 is 41.0 Å². The summed E-state index contributed by atoms with van der Waals surface area (Å²) >= 11 is 0. The number of carbonyl (C=O) groups excluding carboxylic acids is 1. The molecule has 0 bridgehead atoms. The predicted octanol–water partition coefficient (Wildman–Crippen LogP) is 3.11. The van der Waals surface area contributed by atoms with E-state index in [-0.39, 0.29) is 12.0 Å². The van der Waals surface area contributed by atoms with Gasteiger partial charge < -0.3 is 15.6 Å². The first-order valence-electron chi connectivity index (χ1n) is 11.5. The molecule has 0 spiro atoms. The maximum Gasteiger partial charge on any atom is 0.417 e. The molecule has 0 radical (unpaired) electrons. The normalized spacial score (nSPS) is 29.0. The van der Waals surface area contributed by atoms with E-state index in [1.807, 2.05) is 0 Å². The zero-order valence-corrected chi connectivity index (χ0v) is 21.1. The van der Waals surface area contributed by atoms with Crippen LogP contribution in [0, 0.1) is 35.0 Å². The minimum Gasteiger partial charge on any atom is -0.481 e. The first-order chi connectivity index (χ1) is 17.6. The number of halogens is 3. The highest BCUT2D eigenvalue weighted by Crippen LogP contribution is 2.66. The molecule has 1 heterocycles. The molecule has 2 aromatic rings. The fourth-order valence-electron chi connectivity index (χ4n) is 5.73. The maximum atomic E-state index is 14.2. The molecule has 202 valence electrons. The lowest BCUT2D eigenvalue weighted by atomic mass is 9.75. The SMILES string of the molecule is CO[C@@H]1C[C@H](S(=O)(=O)c2ccc(-c3cncc(C)c3)cc2C(F)(F)F)C[C@@]1(C(=O)O)C1CC1(C#N)C(N)=O. The molecule has 4 rings (SSSR count). The number of aliphatic carboxylic acids is 1. The van der Waals surface area contributed by atoms with Gasteiger partial charge in [0.05, 0.1) is 27.9 Å². The number of hydrogen-bond donors (Lipinski definition) is 2. The largest absolute Gasteiger partial charge is 0.481 e. The van der Waals surface area contributed by atoms with E-state index in [4.69, 9.17) is 10.5 Å². The van der Waals surface area contributed by atoms with Gasteiger partial charge in [0, 0.05) is 31.0 Å². The molecular formula is C25H24F3N3O6S. The number of primary amides is 1. The number of nitrogens with two attached hydrogens (primary N) is 1. The van der Waals surface area contributed by atoms with Gasteiger partial charge in [-0.3, -0.25) is 14.6 Å². The Hall–Kier alpha value is -3.50. The minimum absolute atomic E-state index is 0.104. The van der Waals surface area contributed by atoms with Crippen molar-refractivity contribution >= 4 is 21.7 Å². The summed E-state index contributed by atoms with van der Waals surface area (Å²) in [5.41, 5.74) is 1.28. The van der Waals surface area contributed by atoms with Crippen molar-refractivity contribution in [1.82, 2.24) is 4.98 Å². The van der Waals surface area contributed by atoms with E-state index >= 15 is 0 Å². The first-order valence-corrected chi connectivity index (χ1v) is 13.0. The van der Waals surface area contributed by atoms with Crippen molar-refractivity contribution in [1.29, 1.82) is 5.26 Å². The van der Waals surface area contributed by atoms with Crippen molar-refractivity contribution in [3.8, 4) is 17.2 Å². The zero-order valence-electron chi connectivity index (χ0n) is 20.3. The minimum atomic E-state index is -5.04. The van der Waals surface area contributed by atoms with Crippen LogP contribution >= 0.6 is 0 Å². The number of pyridine rings is 1. The lowest BCUT2D eigenvalue weighted by molar-refractivity contribution is -0.159. The van der Waals surface area contributed by atoms with E-state index in [9.17, 15) is 41.5 Å². The molecule has 38 heavy (non-hydrogen) atoms. The van der Waals surface area contributed by atoms with Crippen molar-refractivity contribution in [2.75, 3.05) is 7.11 Å². The highest BCUT2D eigenvalue weighted by molar-refractivity contribution is 7.92. The molecule has 1 aromatic carbocycles. The van der Waals surface area contributed by atoms with E-state index in [1.165, 1.54) is 18.5 Å². The van der Waals surface area contributed by atoms with Crippen LogP contribution in [0.5, 0.6) is 0 Å². The summed E-state index contributed by atoms with van der Waals surface area (Å²) in [5.74, 6) is -3.71. The van der Waals surface area contributed by atoms with Gasteiger partial charge in [-0.25, -0.2) is 8.42 Å². The quantitative estimate of drug-likeness (QED) is 0.531. The van der Waals surface area contributed by atoms with Gasteiger partial charge in [-0.15, -0.1) is 0 Å². The van der Waals surface area contributed by atoms with Crippen LogP contribution in [-0.2, 0) is 30.3 Å². The summed E-state index contributed by atoms with van der Waals surface area (Å²) in [6, 6.07) is 6.18. The summed E-state index contributed by atoms with van der Waals surface area (Å²) in [6.45, 7) is 1.71. The molecule has 5 atom stereocenters. The Balaban J connectivity index is 1.80. The summed E-state index contributed by atoms with van der Waals surface area (Å²) in [4.78, 5) is 27.5. The molecule has 13 heteroatoms. The number of sulfone groups is 1. The fraction of sp³-hybridized carbons (Fsp3) is 0.440. The molecule has 0 saturated heterocycles. The summed E-state index contributed by atoms with van der Waals surface area (Å²) < 4.78 is 75.1. The number of benzene rings is 1. The van der Waals surface area contributed by atoms with Crippen LogP contribution in [0.25, 0.3) is 11.1 Å². The average Bonchev–Trinajstić information content (AvgIpc) is 3.48. The van der Waals surface area contributed by atoms with Crippen molar-refractivity contribution in [3.05, 3.63) is 47.8 Å². The van der Waals surface area contributed by atoms with E-state index in [1.54, 1.807) is 19.1 Å². The molecule has 1 aromatic heterocycles.